The number of nitrogens with zero attached hydrogens (tertiary/aromatic N) is 2. The topological polar surface area (TPSA) is 127 Å². The van der Waals surface area contributed by atoms with Gasteiger partial charge in [0, 0.05) is 17.4 Å². The van der Waals surface area contributed by atoms with Crippen LogP contribution in [0.1, 0.15) is 5.56 Å². The molecule has 26 heavy (non-hydrogen) atoms. The molecule has 1 aromatic heterocycles. The van der Waals surface area contributed by atoms with Crippen molar-refractivity contribution in [2.75, 3.05) is 11.1 Å². The Labute approximate surface area is 150 Å². The lowest BCUT2D eigenvalue weighted by Gasteiger charge is -2.13. The Morgan fingerprint density at radius 1 is 1.15 bits per heavy atom. The van der Waals surface area contributed by atoms with Crippen LogP contribution in [0.5, 0.6) is 5.75 Å². The predicted octanol–water partition coefficient (Wildman–Crippen LogP) is 1.94. The fourth-order valence-corrected chi connectivity index (χ4v) is 2.50. The average Bonchev–Trinajstić information content (AvgIpc) is 2.64. The van der Waals surface area contributed by atoms with Crippen LogP contribution < -0.4 is 16.8 Å². The smallest absolute Gasteiger partial charge is 0.241 e. The van der Waals surface area contributed by atoms with Crippen molar-refractivity contribution in [2.24, 2.45) is 5.73 Å². The van der Waals surface area contributed by atoms with Gasteiger partial charge in [-0.25, -0.2) is 9.97 Å². The predicted molar refractivity (Wildman–Crippen MR) is 100 cm³/mol. The molecular weight excluding hydrogens is 330 g/mol. The number of hydrogen-bond acceptors (Lipinski definition) is 6. The van der Waals surface area contributed by atoms with Crippen LogP contribution in [0.25, 0.3) is 11.3 Å². The highest BCUT2D eigenvalue weighted by molar-refractivity contribution is 5.95. The van der Waals surface area contributed by atoms with Gasteiger partial charge in [-0.3, -0.25) is 4.79 Å². The Hall–Kier alpha value is -3.45. The molecule has 0 radical (unpaired) electrons. The quantitative estimate of drug-likeness (QED) is 0.557. The molecule has 0 saturated carbocycles. The number of nitrogens with two attached hydrogens (primary N) is 2. The second-order valence-corrected chi connectivity index (χ2v) is 5.85. The van der Waals surface area contributed by atoms with Crippen molar-refractivity contribution < 1.29 is 9.90 Å². The van der Waals surface area contributed by atoms with Gasteiger partial charge in [-0.1, -0.05) is 24.3 Å². The molecule has 0 bridgehead atoms. The summed E-state index contributed by atoms with van der Waals surface area (Å²) in [6, 6.07) is 14.9. The number of nitrogens with one attached hydrogen (secondary N) is 1. The van der Waals surface area contributed by atoms with Gasteiger partial charge in [0.1, 0.15) is 5.75 Å². The summed E-state index contributed by atoms with van der Waals surface area (Å²) in [6.45, 7) is 0. The summed E-state index contributed by atoms with van der Waals surface area (Å²) in [6.07, 6.45) is 1.95. The van der Waals surface area contributed by atoms with Crippen molar-refractivity contribution >= 4 is 17.5 Å². The molecule has 0 aliphatic carbocycles. The summed E-state index contributed by atoms with van der Waals surface area (Å²) in [5.74, 6) is 0.0687. The van der Waals surface area contributed by atoms with E-state index in [1.807, 2.05) is 12.1 Å². The third-order valence-electron chi connectivity index (χ3n) is 3.83. The van der Waals surface area contributed by atoms with Crippen molar-refractivity contribution in [3.63, 3.8) is 0 Å². The minimum Gasteiger partial charge on any atom is -0.508 e. The molecule has 2 aromatic carbocycles. The molecule has 0 aliphatic heterocycles. The summed E-state index contributed by atoms with van der Waals surface area (Å²) in [5.41, 5.74) is 14.6. The van der Waals surface area contributed by atoms with Gasteiger partial charge < -0.3 is 21.9 Å². The Kier molecular flexibility index (Phi) is 5.09. The standard InChI is InChI=1S/C19H19N5O2/c20-16(10-12-4-6-15(25)7-5-12)18(26)23-14-3-1-2-13(11-14)17-8-9-22-19(21)24-17/h1-9,11,16,25H,10,20H2,(H,23,26)(H2,21,22,24)/t16-/m0/s1. The second-order valence-electron chi connectivity index (χ2n) is 5.85. The van der Waals surface area contributed by atoms with E-state index in [1.165, 1.54) is 0 Å². The molecule has 7 nitrogen and oxygen atoms in total. The van der Waals surface area contributed by atoms with Crippen LogP contribution in [-0.2, 0) is 11.2 Å². The van der Waals surface area contributed by atoms with E-state index >= 15 is 0 Å². The van der Waals surface area contributed by atoms with Gasteiger partial charge >= 0.3 is 0 Å². The number of rotatable bonds is 5. The van der Waals surface area contributed by atoms with Crippen molar-refractivity contribution in [3.8, 4) is 17.0 Å². The number of carbonyl (C=O) groups is 1. The molecule has 0 aliphatic rings. The van der Waals surface area contributed by atoms with E-state index in [1.54, 1.807) is 48.7 Å². The third kappa shape index (κ3) is 4.34. The molecule has 1 atom stereocenters. The molecule has 132 valence electrons. The lowest BCUT2D eigenvalue weighted by Crippen LogP contribution is -2.37. The fraction of sp³-hybridized carbons (Fsp3) is 0.105. The van der Waals surface area contributed by atoms with Gasteiger partial charge in [0.25, 0.3) is 0 Å². The van der Waals surface area contributed by atoms with Crippen molar-refractivity contribution in [1.82, 2.24) is 9.97 Å². The number of carbonyl (C=O) groups excluding carboxylic acids is 1. The van der Waals surface area contributed by atoms with Gasteiger partial charge in [-0.05, 0) is 42.3 Å². The lowest BCUT2D eigenvalue weighted by atomic mass is 10.1. The minimum absolute atomic E-state index is 0.175. The monoisotopic (exact) mass is 349 g/mol. The largest absolute Gasteiger partial charge is 0.508 e. The number of aromatic hydroxyl groups is 1. The number of aromatic nitrogens is 2. The highest BCUT2D eigenvalue weighted by Gasteiger charge is 2.15. The van der Waals surface area contributed by atoms with E-state index in [2.05, 4.69) is 15.3 Å². The minimum atomic E-state index is -0.710. The highest BCUT2D eigenvalue weighted by atomic mass is 16.3. The summed E-state index contributed by atoms with van der Waals surface area (Å²) >= 11 is 0. The molecule has 6 N–H and O–H groups in total. The first-order valence-corrected chi connectivity index (χ1v) is 8.04. The Morgan fingerprint density at radius 3 is 2.65 bits per heavy atom. The number of benzene rings is 2. The van der Waals surface area contributed by atoms with Gasteiger partial charge in [-0.15, -0.1) is 0 Å². The first-order chi connectivity index (χ1) is 12.5. The Bertz CT molecular complexity index is 912. The van der Waals surface area contributed by atoms with E-state index < -0.39 is 6.04 Å². The van der Waals surface area contributed by atoms with E-state index in [9.17, 15) is 9.90 Å². The average molecular weight is 349 g/mol. The van der Waals surface area contributed by atoms with Crippen LogP contribution >= 0.6 is 0 Å². The fourth-order valence-electron chi connectivity index (χ4n) is 2.50. The Balaban J connectivity index is 1.69. The molecule has 0 spiro atoms. The summed E-state index contributed by atoms with van der Waals surface area (Å²) in [7, 11) is 0. The van der Waals surface area contributed by atoms with Gasteiger partial charge in [0.2, 0.25) is 11.9 Å². The van der Waals surface area contributed by atoms with Gasteiger partial charge in [-0.2, -0.15) is 0 Å². The summed E-state index contributed by atoms with van der Waals surface area (Å²) < 4.78 is 0. The van der Waals surface area contributed by atoms with Crippen LogP contribution in [0.4, 0.5) is 11.6 Å². The van der Waals surface area contributed by atoms with Crippen LogP contribution in [0.15, 0.2) is 60.8 Å². The Morgan fingerprint density at radius 2 is 1.92 bits per heavy atom. The number of anilines is 2. The van der Waals surface area contributed by atoms with Gasteiger partial charge in [0.05, 0.1) is 11.7 Å². The molecule has 7 heteroatoms. The summed E-state index contributed by atoms with van der Waals surface area (Å²) in [5, 5.41) is 12.1. The zero-order valence-corrected chi connectivity index (χ0v) is 14.0. The van der Waals surface area contributed by atoms with E-state index in [4.69, 9.17) is 11.5 Å². The number of hydrogen-bond donors (Lipinski definition) is 4. The van der Waals surface area contributed by atoms with Crippen LogP contribution in [0, 0.1) is 0 Å². The summed E-state index contributed by atoms with van der Waals surface area (Å²) in [4.78, 5) is 20.4. The van der Waals surface area contributed by atoms with Gasteiger partial charge in [0.15, 0.2) is 0 Å². The lowest BCUT2D eigenvalue weighted by molar-refractivity contribution is -0.117. The zero-order chi connectivity index (χ0) is 18.5. The SMILES string of the molecule is Nc1nccc(-c2cccc(NC(=O)[C@@H](N)Cc3ccc(O)cc3)c2)n1. The molecule has 3 rings (SSSR count). The van der Waals surface area contributed by atoms with Crippen molar-refractivity contribution in [2.45, 2.75) is 12.5 Å². The molecule has 0 unspecified atom stereocenters. The van der Waals surface area contributed by atoms with Crippen LogP contribution in [0.3, 0.4) is 0 Å². The maximum Gasteiger partial charge on any atom is 0.241 e. The van der Waals surface area contributed by atoms with E-state index in [0.717, 1.165) is 11.1 Å². The molecule has 0 saturated heterocycles. The number of amides is 1. The number of phenolic OH excluding ortho intramolecular Hbond substituents is 1. The zero-order valence-electron chi connectivity index (χ0n) is 14.0. The third-order valence-corrected chi connectivity index (χ3v) is 3.83. The van der Waals surface area contributed by atoms with Crippen molar-refractivity contribution in [1.29, 1.82) is 0 Å². The molecule has 1 heterocycles. The van der Waals surface area contributed by atoms with Crippen LogP contribution in [0.2, 0.25) is 0 Å². The second kappa shape index (κ2) is 7.62. The molecule has 3 aromatic rings. The maximum absolute atomic E-state index is 12.4. The number of phenols is 1. The van der Waals surface area contributed by atoms with E-state index in [-0.39, 0.29) is 17.6 Å². The molecular formula is C19H19N5O2. The highest BCUT2D eigenvalue weighted by Crippen LogP contribution is 2.21. The number of nitrogen functional groups attached to an aromatic ring is 1. The first kappa shape index (κ1) is 17.4. The van der Waals surface area contributed by atoms with Crippen molar-refractivity contribution in [3.05, 3.63) is 66.4 Å². The molecule has 0 fully saturated rings. The maximum atomic E-state index is 12.4. The van der Waals surface area contributed by atoms with E-state index in [0.29, 0.717) is 17.8 Å². The van der Waals surface area contributed by atoms with Crippen LogP contribution in [-0.4, -0.2) is 27.0 Å². The molecule has 1 amide bonds. The normalized spacial score (nSPS) is 11.7. The first-order valence-electron chi connectivity index (χ1n) is 8.04.